The number of halogens is 1. The zero-order valence-corrected chi connectivity index (χ0v) is 10.1. The number of benzene rings is 1. The average Bonchev–Trinajstić information content (AvgIpc) is 2.23. The molecule has 0 saturated carbocycles. The molecule has 3 heteroatoms. The van der Waals surface area contributed by atoms with Gasteiger partial charge in [-0.1, -0.05) is 31.5 Å². The summed E-state index contributed by atoms with van der Waals surface area (Å²) in [4.78, 5) is 11.1. The van der Waals surface area contributed by atoms with E-state index in [9.17, 15) is 4.79 Å². The first-order chi connectivity index (χ1) is 7.16. The second-order valence-electron chi connectivity index (χ2n) is 3.31. The van der Waals surface area contributed by atoms with Gasteiger partial charge in [-0.15, -0.1) is 0 Å². The maximum absolute atomic E-state index is 11.1. The summed E-state index contributed by atoms with van der Waals surface area (Å²) >= 11 is 5.94. The van der Waals surface area contributed by atoms with Gasteiger partial charge in [0.2, 0.25) is 5.91 Å². The molecule has 1 heterocycles. The fourth-order valence-corrected chi connectivity index (χ4v) is 1.69. The van der Waals surface area contributed by atoms with Crippen LogP contribution >= 0.6 is 11.6 Å². The standard InChI is InChI=1S/C10H10ClNO.C2H6/c1-6-4-7-2-3-10(13)12-9(7)5-8(6)11;1-2/h4-5H,2-3H2,1H3,(H,12,13);1-2H3. The van der Waals surface area contributed by atoms with Crippen molar-refractivity contribution in [3.05, 3.63) is 28.3 Å². The van der Waals surface area contributed by atoms with E-state index in [4.69, 9.17) is 11.6 Å². The second-order valence-corrected chi connectivity index (χ2v) is 3.71. The van der Waals surface area contributed by atoms with Crippen LogP contribution in [0.4, 0.5) is 5.69 Å². The molecule has 15 heavy (non-hydrogen) atoms. The molecule has 1 N–H and O–H groups in total. The summed E-state index contributed by atoms with van der Waals surface area (Å²) in [5.74, 6) is 0.0763. The molecule has 1 aromatic rings. The van der Waals surface area contributed by atoms with Crippen LogP contribution in [-0.4, -0.2) is 5.91 Å². The van der Waals surface area contributed by atoms with E-state index in [1.54, 1.807) is 0 Å². The van der Waals surface area contributed by atoms with Crippen LogP contribution in [0.3, 0.4) is 0 Å². The summed E-state index contributed by atoms with van der Waals surface area (Å²) in [6, 6.07) is 3.86. The quantitative estimate of drug-likeness (QED) is 0.719. The van der Waals surface area contributed by atoms with E-state index in [-0.39, 0.29) is 5.91 Å². The lowest BCUT2D eigenvalue weighted by molar-refractivity contribution is -0.116. The summed E-state index contributed by atoms with van der Waals surface area (Å²) in [5, 5.41) is 3.51. The maximum atomic E-state index is 11.1. The van der Waals surface area contributed by atoms with Crippen LogP contribution in [0.5, 0.6) is 0 Å². The molecule has 1 aliphatic rings. The van der Waals surface area contributed by atoms with Gasteiger partial charge in [-0.3, -0.25) is 4.79 Å². The highest BCUT2D eigenvalue weighted by Crippen LogP contribution is 2.28. The number of fused-ring (bicyclic) bond motifs is 1. The number of nitrogens with one attached hydrogen (secondary N) is 1. The topological polar surface area (TPSA) is 29.1 Å². The molecule has 0 atom stereocenters. The Morgan fingerprint density at radius 2 is 1.93 bits per heavy atom. The zero-order chi connectivity index (χ0) is 11.4. The van der Waals surface area contributed by atoms with Crippen molar-refractivity contribution in [3.8, 4) is 0 Å². The Morgan fingerprint density at radius 1 is 1.27 bits per heavy atom. The van der Waals surface area contributed by atoms with Crippen molar-refractivity contribution in [3.63, 3.8) is 0 Å². The third-order valence-electron chi connectivity index (χ3n) is 2.28. The number of aryl methyl sites for hydroxylation is 2. The molecule has 1 amide bonds. The van der Waals surface area contributed by atoms with Gasteiger partial charge >= 0.3 is 0 Å². The summed E-state index contributed by atoms with van der Waals surface area (Å²) in [5.41, 5.74) is 3.12. The van der Waals surface area contributed by atoms with Crippen LogP contribution in [0, 0.1) is 6.92 Å². The number of carbonyl (C=O) groups excluding carboxylic acids is 1. The summed E-state index contributed by atoms with van der Waals surface area (Å²) < 4.78 is 0. The van der Waals surface area contributed by atoms with Gasteiger partial charge < -0.3 is 5.32 Å². The monoisotopic (exact) mass is 225 g/mol. The summed E-state index contributed by atoms with van der Waals surface area (Å²) in [7, 11) is 0. The van der Waals surface area contributed by atoms with Crippen molar-refractivity contribution in [2.75, 3.05) is 5.32 Å². The molecule has 0 bridgehead atoms. The minimum Gasteiger partial charge on any atom is -0.326 e. The van der Waals surface area contributed by atoms with Gasteiger partial charge in [-0.05, 0) is 30.5 Å². The molecule has 2 rings (SSSR count). The highest BCUT2D eigenvalue weighted by atomic mass is 35.5. The van der Waals surface area contributed by atoms with E-state index in [2.05, 4.69) is 5.32 Å². The van der Waals surface area contributed by atoms with Crippen LogP contribution in [0.1, 0.15) is 31.4 Å². The van der Waals surface area contributed by atoms with Crippen molar-refractivity contribution < 1.29 is 4.79 Å². The first-order valence-electron chi connectivity index (χ1n) is 5.25. The van der Waals surface area contributed by atoms with E-state index < -0.39 is 0 Å². The smallest absolute Gasteiger partial charge is 0.224 e. The van der Waals surface area contributed by atoms with Gasteiger partial charge in [0.1, 0.15) is 0 Å². The molecular weight excluding hydrogens is 210 g/mol. The van der Waals surface area contributed by atoms with Crippen molar-refractivity contribution in [1.82, 2.24) is 0 Å². The van der Waals surface area contributed by atoms with Crippen LogP contribution in [0.15, 0.2) is 12.1 Å². The molecule has 82 valence electrons. The average molecular weight is 226 g/mol. The number of amides is 1. The summed E-state index contributed by atoms with van der Waals surface area (Å²) in [6.07, 6.45) is 1.40. The Balaban J connectivity index is 0.000000531. The zero-order valence-electron chi connectivity index (χ0n) is 9.36. The Kier molecular flexibility index (Phi) is 4.15. The van der Waals surface area contributed by atoms with Crippen molar-refractivity contribution in [1.29, 1.82) is 0 Å². The third-order valence-corrected chi connectivity index (χ3v) is 2.69. The van der Waals surface area contributed by atoms with Gasteiger partial charge in [-0.2, -0.15) is 0 Å². The number of carbonyl (C=O) groups is 1. The van der Waals surface area contributed by atoms with Gasteiger partial charge in [0.05, 0.1) is 0 Å². The highest BCUT2D eigenvalue weighted by Gasteiger charge is 2.15. The number of anilines is 1. The predicted molar refractivity (Wildman–Crippen MR) is 64.5 cm³/mol. The van der Waals surface area contributed by atoms with Crippen LogP contribution < -0.4 is 5.32 Å². The van der Waals surface area contributed by atoms with E-state index in [1.807, 2.05) is 32.9 Å². The van der Waals surface area contributed by atoms with Gasteiger partial charge in [0.25, 0.3) is 0 Å². The van der Waals surface area contributed by atoms with Crippen LogP contribution in [0.25, 0.3) is 0 Å². The largest absolute Gasteiger partial charge is 0.326 e. The first-order valence-corrected chi connectivity index (χ1v) is 5.63. The summed E-state index contributed by atoms with van der Waals surface area (Å²) in [6.45, 7) is 5.97. The van der Waals surface area contributed by atoms with Gasteiger partial charge in [-0.25, -0.2) is 0 Å². The van der Waals surface area contributed by atoms with Crippen molar-refractivity contribution >= 4 is 23.2 Å². The lowest BCUT2D eigenvalue weighted by Gasteiger charge is -2.17. The van der Waals surface area contributed by atoms with E-state index in [1.165, 1.54) is 5.56 Å². The normalized spacial score (nSPS) is 13.5. The maximum Gasteiger partial charge on any atom is 0.224 e. The molecular formula is C12H16ClNO. The Morgan fingerprint density at radius 3 is 2.60 bits per heavy atom. The lowest BCUT2D eigenvalue weighted by Crippen LogP contribution is -2.18. The fraction of sp³-hybridized carbons (Fsp3) is 0.417. The molecule has 2 nitrogen and oxygen atoms in total. The van der Waals surface area contributed by atoms with E-state index in [0.29, 0.717) is 11.4 Å². The SMILES string of the molecule is CC.Cc1cc2c(cc1Cl)NC(=O)CC2. The second kappa shape index (κ2) is 5.17. The third kappa shape index (κ3) is 2.72. The van der Waals surface area contributed by atoms with E-state index >= 15 is 0 Å². The molecule has 0 aliphatic carbocycles. The minimum absolute atomic E-state index is 0.0763. The molecule has 0 radical (unpaired) electrons. The van der Waals surface area contributed by atoms with Crippen molar-refractivity contribution in [2.24, 2.45) is 0 Å². The highest BCUT2D eigenvalue weighted by molar-refractivity contribution is 6.31. The molecule has 1 aromatic carbocycles. The molecule has 0 aromatic heterocycles. The number of rotatable bonds is 0. The predicted octanol–water partition coefficient (Wildman–Crippen LogP) is 3.56. The Bertz CT molecular complexity index is 374. The van der Waals surface area contributed by atoms with Gasteiger partial charge in [0, 0.05) is 17.1 Å². The number of hydrogen-bond acceptors (Lipinski definition) is 1. The fourth-order valence-electron chi connectivity index (χ4n) is 1.53. The molecule has 0 saturated heterocycles. The lowest BCUT2D eigenvalue weighted by atomic mass is 10.0. The van der Waals surface area contributed by atoms with Gasteiger partial charge in [0.15, 0.2) is 0 Å². The molecule has 0 unspecified atom stereocenters. The molecule has 0 fully saturated rings. The Labute approximate surface area is 95.6 Å². The van der Waals surface area contributed by atoms with Crippen molar-refractivity contribution in [2.45, 2.75) is 33.6 Å². The minimum atomic E-state index is 0.0763. The van der Waals surface area contributed by atoms with E-state index in [0.717, 1.165) is 17.7 Å². The Hall–Kier alpha value is -1.02. The first kappa shape index (κ1) is 12.1. The van der Waals surface area contributed by atoms with Crippen LogP contribution in [-0.2, 0) is 11.2 Å². The molecule has 0 spiro atoms. The molecule has 1 aliphatic heterocycles. The number of hydrogen-bond donors (Lipinski definition) is 1. The van der Waals surface area contributed by atoms with Crippen LogP contribution in [0.2, 0.25) is 5.02 Å².